The van der Waals surface area contributed by atoms with Gasteiger partial charge in [0.15, 0.2) is 0 Å². The molecule has 126 valence electrons. The third kappa shape index (κ3) is 4.39. The number of amides is 1. The fourth-order valence-corrected chi connectivity index (χ4v) is 4.07. The number of carbonyl (C=O) groups excluding carboxylic acids is 1. The molecule has 1 aliphatic rings. The second kappa shape index (κ2) is 7.70. The summed E-state index contributed by atoms with van der Waals surface area (Å²) in [4.78, 5) is 12.3. The first kappa shape index (κ1) is 17.6. The Hall–Kier alpha value is -1.73. The van der Waals surface area contributed by atoms with E-state index in [0.29, 0.717) is 18.7 Å². The number of rotatable bonds is 6. The predicted molar refractivity (Wildman–Crippen MR) is 89.9 cm³/mol. The van der Waals surface area contributed by atoms with Crippen LogP contribution in [0.5, 0.6) is 0 Å². The molecule has 1 amide bonds. The van der Waals surface area contributed by atoms with Gasteiger partial charge in [0.25, 0.3) is 5.91 Å². The van der Waals surface area contributed by atoms with Gasteiger partial charge in [0.05, 0.1) is 4.90 Å². The summed E-state index contributed by atoms with van der Waals surface area (Å²) in [5.74, 6) is -0.404. The van der Waals surface area contributed by atoms with Crippen LogP contribution in [0.2, 0.25) is 0 Å². The van der Waals surface area contributed by atoms with Gasteiger partial charge in [0, 0.05) is 24.4 Å². The topological polar surface area (TPSA) is 78.8 Å². The number of hydrogen-bond donors (Lipinski definition) is 1. The standard InChI is InChI=1S/C16H23N3O3S/c1-3-7-13(2)17-18-16(20)14-8-6-9-15(12-14)23(21,22)19-10-4-5-11-19/h6,8-9,12H,3-5,7,10-11H2,1-2H3,(H,18,20)/b17-13-. The molecular formula is C16H23N3O3S. The molecule has 7 heteroatoms. The molecule has 1 heterocycles. The minimum atomic E-state index is -3.52. The molecule has 1 aromatic carbocycles. The van der Waals surface area contributed by atoms with Crippen LogP contribution in [0.1, 0.15) is 49.9 Å². The Kier molecular flexibility index (Phi) is 5.90. The molecule has 23 heavy (non-hydrogen) atoms. The predicted octanol–water partition coefficient (Wildman–Crippen LogP) is 2.38. The van der Waals surface area contributed by atoms with E-state index >= 15 is 0 Å². The molecule has 0 spiro atoms. The van der Waals surface area contributed by atoms with Crippen molar-refractivity contribution in [1.82, 2.24) is 9.73 Å². The van der Waals surface area contributed by atoms with E-state index in [-0.39, 0.29) is 4.90 Å². The molecule has 0 radical (unpaired) electrons. The highest BCUT2D eigenvalue weighted by molar-refractivity contribution is 7.89. The van der Waals surface area contributed by atoms with Crippen LogP contribution in [0, 0.1) is 0 Å². The zero-order valence-corrected chi connectivity index (χ0v) is 14.4. The quantitative estimate of drug-likeness (QED) is 0.639. The number of sulfonamides is 1. The Morgan fingerprint density at radius 1 is 1.30 bits per heavy atom. The zero-order valence-electron chi connectivity index (χ0n) is 13.6. The summed E-state index contributed by atoms with van der Waals surface area (Å²) in [5.41, 5.74) is 3.60. The lowest BCUT2D eigenvalue weighted by Crippen LogP contribution is -2.28. The van der Waals surface area contributed by atoms with E-state index in [9.17, 15) is 13.2 Å². The summed E-state index contributed by atoms with van der Waals surface area (Å²) in [6.45, 7) is 4.96. The highest BCUT2D eigenvalue weighted by Crippen LogP contribution is 2.21. The molecule has 0 atom stereocenters. The van der Waals surface area contributed by atoms with Gasteiger partial charge in [0.1, 0.15) is 0 Å². The van der Waals surface area contributed by atoms with Crippen molar-refractivity contribution in [3.8, 4) is 0 Å². The molecule has 2 rings (SSSR count). The molecule has 0 aromatic heterocycles. The Labute approximate surface area is 137 Å². The molecule has 1 N–H and O–H groups in total. The minimum absolute atomic E-state index is 0.154. The van der Waals surface area contributed by atoms with E-state index < -0.39 is 15.9 Å². The van der Waals surface area contributed by atoms with Crippen LogP contribution in [0.15, 0.2) is 34.3 Å². The van der Waals surface area contributed by atoms with Crippen LogP contribution >= 0.6 is 0 Å². The van der Waals surface area contributed by atoms with Crippen LogP contribution in [0.25, 0.3) is 0 Å². The van der Waals surface area contributed by atoms with Crippen LogP contribution in [-0.4, -0.2) is 37.4 Å². The van der Waals surface area contributed by atoms with Crippen LogP contribution in [0.3, 0.4) is 0 Å². The first-order chi connectivity index (χ1) is 10.9. The van der Waals surface area contributed by atoms with E-state index in [0.717, 1.165) is 31.4 Å². The maximum Gasteiger partial charge on any atom is 0.271 e. The van der Waals surface area contributed by atoms with Gasteiger partial charge in [-0.1, -0.05) is 19.4 Å². The highest BCUT2D eigenvalue weighted by atomic mass is 32.2. The van der Waals surface area contributed by atoms with Crippen LogP contribution < -0.4 is 5.43 Å². The smallest absolute Gasteiger partial charge is 0.267 e. The Bertz CT molecular complexity index is 692. The highest BCUT2D eigenvalue weighted by Gasteiger charge is 2.27. The number of benzene rings is 1. The lowest BCUT2D eigenvalue weighted by molar-refractivity contribution is 0.0954. The number of hydrogen-bond acceptors (Lipinski definition) is 4. The van der Waals surface area contributed by atoms with Crippen molar-refractivity contribution in [3.05, 3.63) is 29.8 Å². The molecule has 0 saturated carbocycles. The van der Waals surface area contributed by atoms with Crippen molar-refractivity contribution < 1.29 is 13.2 Å². The largest absolute Gasteiger partial charge is 0.271 e. The summed E-state index contributed by atoms with van der Waals surface area (Å²) in [6, 6.07) is 6.10. The molecule has 6 nitrogen and oxygen atoms in total. The van der Waals surface area contributed by atoms with Gasteiger partial charge in [0.2, 0.25) is 10.0 Å². The molecule has 0 bridgehead atoms. The van der Waals surface area contributed by atoms with Gasteiger partial charge in [-0.3, -0.25) is 4.79 Å². The van der Waals surface area contributed by atoms with E-state index in [1.165, 1.54) is 16.4 Å². The van der Waals surface area contributed by atoms with Gasteiger partial charge in [-0.2, -0.15) is 9.41 Å². The minimum Gasteiger partial charge on any atom is -0.267 e. The number of nitrogens with one attached hydrogen (secondary N) is 1. The summed E-state index contributed by atoms with van der Waals surface area (Å²) in [6.07, 6.45) is 3.52. The molecule has 1 saturated heterocycles. The van der Waals surface area contributed by atoms with Crippen molar-refractivity contribution in [1.29, 1.82) is 0 Å². The van der Waals surface area contributed by atoms with Crippen LogP contribution in [0.4, 0.5) is 0 Å². The molecule has 1 aromatic rings. The van der Waals surface area contributed by atoms with Gasteiger partial charge in [-0.25, -0.2) is 13.8 Å². The van der Waals surface area contributed by atoms with E-state index in [1.54, 1.807) is 12.1 Å². The van der Waals surface area contributed by atoms with E-state index in [1.807, 2.05) is 13.8 Å². The first-order valence-electron chi connectivity index (χ1n) is 7.89. The molecule has 0 aliphatic carbocycles. The summed E-state index contributed by atoms with van der Waals surface area (Å²) < 4.78 is 26.5. The van der Waals surface area contributed by atoms with E-state index in [2.05, 4.69) is 10.5 Å². The fourth-order valence-electron chi connectivity index (χ4n) is 2.50. The normalized spacial score (nSPS) is 16.5. The maximum absolute atomic E-state index is 12.5. The van der Waals surface area contributed by atoms with Crippen molar-refractivity contribution in [3.63, 3.8) is 0 Å². The number of nitrogens with zero attached hydrogens (tertiary/aromatic N) is 2. The van der Waals surface area contributed by atoms with E-state index in [4.69, 9.17) is 0 Å². The van der Waals surface area contributed by atoms with Gasteiger partial charge < -0.3 is 0 Å². The second-order valence-electron chi connectivity index (χ2n) is 5.68. The Morgan fingerprint density at radius 2 is 2.00 bits per heavy atom. The van der Waals surface area contributed by atoms with Gasteiger partial charge in [-0.05, 0) is 44.4 Å². The third-order valence-corrected chi connectivity index (χ3v) is 5.65. The lowest BCUT2D eigenvalue weighted by Gasteiger charge is -2.15. The van der Waals surface area contributed by atoms with Crippen molar-refractivity contribution in [2.75, 3.05) is 13.1 Å². The summed E-state index contributed by atoms with van der Waals surface area (Å²) in [5, 5.41) is 4.02. The van der Waals surface area contributed by atoms with Gasteiger partial charge in [-0.15, -0.1) is 0 Å². The zero-order chi connectivity index (χ0) is 16.9. The molecule has 1 fully saturated rings. The van der Waals surface area contributed by atoms with Gasteiger partial charge >= 0.3 is 0 Å². The molecular weight excluding hydrogens is 314 g/mol. The van der Waals surface area contributed by atoms with Crippen molar-refractivity contribution >= 4 is 21.6 Å². The van der Waals surface area contributed by atoms with Crippen LogP contribution in [-0.2, 0) is 10.0 Å². The summed E-state index contributed by atoms with van der Waals surface area (Å²) in [7, 11) is -3.52. The SMILES string of the molecule is CCC/C(C)=N\NC(=O)c1cccc(S(=O)(=O)N2CCCC2)c1. The Balaban J connectivity index is 2.16. The maximum atomic E-state index is 12.5. The fraction of sp³-hybridized carbons (Fsp3) is 0.500. The van der Waals surface area contributed by atoms with Crippen molar-refractivity contribution in [2.24, 2.45) is 5.10 Å². The Morgan fingerprint density at radius 3 is 2.65 bits per heavy atom. The number of hydrazone groups is 1. The average Bonchev–Trinajstić information content (AvgIpc) is 3.08. The second-order valence-corrected chi connectivity index (χ2v) is 7.61. The summed E-state index contributed by atoms with van der Waals surface area (Å²) >= 11 is 0. The van der Waals surface area contributed by atoms with Crippen molar-refractivity contribution in [2.45, 2.75) is 44.4 Å². The molecule has 0 unspecified atom stereocenters. The average molecular weight is 337 g/mol. The monoisotopic (exact) mass is 337 g/mol. The number of carbonyl (C=O) groups is 1. The molecule has 1 aliphatic heterocycles. The lowest BCUT2D eigenvalue weighted by atomic mass is 10.2. The third-order valence-electron chi connectivity index (χ3n) is 3.76. The first-order valence-corrected chi connectivity index (χ1v) is 9.33.